The first-order valence-corrected chi connectivity index (χ1v) is 14.0. The summed E-state index contributed by atoms with van der Waals surface area (Å²) in [5.74, 6) is 0. The smallest absolute Gasteiger partial charge is 0.398 e. The fourth-order valence-electron chi connectivity index (χ4n) is 2.12. The van der Waals surface area contributed by atoms with Gasteiger partial charge in [-0.3, -0.25) is 0 Å². The van der Waals surface area contributed by atoms with Crippen molar-refractivity contribution in [1.82, 2.24) is 0 Å². The van der Waals surface area contributed by atoms with Gasteiger partial charge in [0, 0.05) is 47.3 Å². The van der Waals surface area contributed by atoms with Crippen LogP contribution in [0.2, 0.25) is 12.6 Å². The van der Waals surface area contributed by atoms with Gasteiger partial charge in [0.15, 0.2) is 0 Å². The quantitative estimate of drug-likeness (QED) is 0.211. The van der Waals surface area contributed by atoms with Crippen molar-refractivity contribution < 1.29 is 36.0 Å². The molecule has 27 heavy (non-hydrogen) atoms. The van der Waals surface area contributed by atoms with E-state index < -0.39 is 17.6 Å². The molecule has 0 bridgehead atoms. The summed E-state index contributed by atoms with van der Waals surface area (Å²) in [5, 5.41) is 0. The minimum atomic E-state index is -2.80. The summed E-state index contributed by atoms with van der Waals surface area (Å²) in [7, 11) is -1.23. The normalized spacial score (nSPS) is 16.8. The van der Waals surface area contributed by atoms with Crippen molar-refractivity contribution in [3.05, 3.63) is 0 Å². The van der Waals surface area contributed by atoms with Crippen molar-refractivity contribution in [2.45, 2.75) is 52.8 Å². The van der Waals surface area contributed by atoms with Crippen LogP contribution in [0.25, 0.3) is 0 Å². The van der Waals surface area contributed by atoms with Crippen LogP contribution in [0.1, 0.15) is 34.1 Å². The molecule has 1 unspecified atom stereocenters. The molecule has 0 aromatic heterocycles. The predicted octanol–water partition coefficient (Wildman–Crippen LogP) is 2.72. The van der Waals surface area contributed by atoms with Gasteiger partial charge in [0.1, 0.15) is 6.10 Å². The van der Waals surface area contributed by atoms with Crippen LogP contribution < -0.4 is 0 Å². The molecule has 0 radical (unpaired) electrons. The van der Waals surface area contributed by atoms with Gasteiger partial charge in [0.05, 0.1) is 13.2 Å². The molecule has 164 valence electrons. The van der Waals surface area contributed by atoms with Crippen LogP contribution >= 0.6 is 0 Å². The zero-order chi connectivity index (χ0) is 20.6. The molecule has 8 nitrogen and oxygen atoms in total. The highest BCUT2D eigenvalue weighted by molar-refractivity contribution is 6.65. The van der Waals surface area contributed by atoms with E-state index in [4.69, 9.17) is 36.0 Å². The highest BCUT2D eigenvalue weighted by atomic mass is 28.4. The standard InChI is InChI=1S/C9H20O4Si.C8H20O4Si/c1-10-14(3,11-2)6-4-5-12-7-9-8-13-9;1-5-9-13(10-6-2,11-7-3)12-8-4/h9H,4-8H2,1-3H3;5-8H2,1-4H3. The molecule has 0 amide bonds. The molecule has 1 atom stereocenters. The van der Waals surface area contributed by atoms with Crippen molar-refractivity contribution in [3.63, 3.8) is 0 Å². The van der Waals surface area contributed by atoms with E-state index in [1.807, 2.05) is 27.7 Å². The molecule has 0 aromatic carbocycles. The van der Waals surface area contributed by atoms with E-state index in [9.17, 15) is 0 Å². The maximum Gasteiger partial charge on any atom is 0.679 e. The lowest BCUT2D eigenvalue weighted by Crippen LogP contribution is -2.49. The molecular weight excluding hydrogens is 388 g/mol. The molecule has 1 fully saturated rings. The zero-order valence-electron chi connectivity index (χ0n) is 18.2. The van der Waals surface area contributed by atoms with Gasteiger partial charge in [-0.25, -0.2) is 0 Å². The lowest BCUT2D eigenvalue weighted by Gasteiger charge is -2.26. The Morgan fingerprint density at radius 1 is 0.852 bits per heavy atom. The SMILES string of the molecule is CCO[Si](OCC)(OCC)OCC.CO[Si](C)(CCCOCC1CO1)OC. The predicted molar refractivity (Wildman–Crippen MR) is 108 cm³/mol. The van der Waals surface area contributed by atoms with Crippen molar-refractivity contribution in [2.75, 3.05) is 60.5 Å². The molecule has 1 saturated heterocycles. The van der Waals surface area contributed by atoms with Gasteiger partial charge in [-0.15, -0.1) is 0 Å². The largest absolute Gasteiger partial charge is 0.679 e. The molecule has 0 N–H and O–H groups in total. The second-order valence-electron chi connectivity index (χ2n) is 5.91. The minimum absolute atomic E-state index is 0.364. The van der Waals surface area contributed by atoms with Gasteiger partial charge in [-0.05, 0) is 46.7 Å². The Bertz CT molecular complexity index is 311. The van der Waals surface area contributed by atoms with Gasteiger partial charge in [-0.2, -0.15) is 0 Å². The summed E-state index contributed by atoms with van der Waals surface area (Å²) in [5.41, 5.74) is 0. The van der Waals surface area contributed by atoms with E-state index in [-0.39, 0.29) is 0 Å². The van der Waals surface area contributed by atoms with Crippen LogP contribution in [0.15, 0.2) is 0 Å². The molecule has 0 aliphatic carbocycles. The number of rotatable bonds is 16. The van der Waals surface area contributed by atoms with Crippen molar-refractivity contribution in [2.24, 2.45) is 0 Å². The Kier molecular flexibility index (Phi) is 16.0. The maximum atomic E-state index is 5.43. The number of epoxide rings is 1. The lowest BCUT2D eigenvalue weighted by molar-refractivity contribution is -0.0247. The van der Waals surface area contributed by atoms with Gasteiger partial charge < -0.3 is 36.0 Å². The van der Waals surface area contributed by atoms with Crippen molar-refractivity contribution >= 4 is 17.6 Å². The summed E-state index contributed by atoms with van der Waals surface area (Å²) in [6.45, 7) is 14.2. The Morgan fingerprint density at radius 2 is 1.30 bits per heavy atom. The van der Waals surface area contributed by atoms with Gasteiger partial charge in [0.2, 0.25) is 0 Å². The summed E-state index contributed by atoms with van der Waals surface area (Å²) in [4.78, 5) is 0. The van der Waals surface area contributed by atoms with E-state index in [0.29, 0.717) is 32.5 Å². The third-order valence-corrected chi connectivity index (χ3v) is 9.33. The monoisotopic (exact) mass is 428 g/mol. The molecule has 1 heterocycles. The van der Waals surface area contributed by atoms with Gasteiger partial charge in [-0.1, -0.05) is 0 Å². The van der Waals surface area contributed by atoms with E-state index >= 15 is 0 Å². The van der Waals surface area contributed by atoms with Crippen LogP contribution in [-0.4, -0.2) is 84.2 Å². The van der Waals surface area contributed by atoms with Crippen LogP contribution in [-0.2, 0) is 36.0 Å². The second kappa shape index (κ2) is 16.0. The Labute approximate surface area is 167 Å². The van der Waals surface area contributed by atoms with E-state index in [0.717, 1.165) is 32.3 Å². The maximum absolute atomic E-state index is 5.43. The summed E-state index contributed by atoms with van der Waals surface area (Å²) >= 11 is 0. The third kappa shape index (κ3) is 13.0. The van der Waals surface area contributed by atoms with Crippen LogP contribution in [0, 0.1) is 0 Å². The highest BCUT2D eigenvalue weighted by Crippen LogP contribution is 2.14. The van der Waals surface area contributed by atoms with Crippen LogP contribution in [0.3, 0.4) is 0 Å². The molecule has 1 rings (SSSR count). The fourth-order valence-corrected chi connectivity index (χ4v) is 5.39. The summed E-state index contributed by atoms with van der Waals surface area (Å²) < 4.78 is 42.9. The number of ether oxygens (including phenoxy) is 2. The number of hydrogen-bond acceptors (Lipinski definition) is 8. The second-order valence-corrected chi connectivity index (χ2v) is 11.6. The lowest BCUT2D eigenvalue weighted by atomic mass is 10.5. The third-order valence-electron chi connectivity index (χ3n) is 3.77. The van der Waals surface area contributed by atoms with Crippen molar-refractivity contribution in [1.29, 1.82) is 0 Å². The van der Waals surface area contributed by atoms with Gasteiger partial charge >= 0.3 is 17.6 Å². The average Bonchev–Trinajstić information content (AvgIpc) is 3.47. The molecule has 1 aliphatic rings. The first kappa shape index (κ1) is 27.1. The van der Waals surface area contributed by atoms with Crippen LogP contribution in [0.5, 0.6) is 0 Å². The molecule has 0 saturated carbocycles. The topological polar surface area (TPSA) is 77.1 Å². The zero-order valence-corrected chi connectivity index (χ0v) is 20.2. The first-order chi connectivity index (χ1) is 12.9. The van der Waals surface area contributed by atoms with Crippen molar-refractivity contribution in [3.8, 4) is 0 Å². The first-order valence-electron chi connectivity index (χ1n) is 9.80. The molecule has 10 heteroatoms. The number of hydrogen-bond donors (Lipinski definition) is 0. The van der Waals surface area contributed by atoms with Crippen LogP contribution in [0.4, 0.5) is 0 Å². The highest BCUT2D eigenvalue weighted by Gasteiger charge is 2.44. The molecule has 0 spiro atoms. The van der Waals surface area contributed by atoms with E-state index in [1.165, 1.54) is 0 Å². The summed E-state index contributed by atoms with van der Waals surface area (Å²) in [6, 6.07) is 0.978. The Balaban J connectivity index is 0.000000503. The Hall–Kier alpha value is 0.114. The summed E-state index contributed by atoms with van der Waals surface area (Å²) in [6.07, 6.45) is 1.36. The Morgan fingerprint density at radius 3 is 1.63 bits per heavy atom. The molecular formula is C17H40O8Si2. The minimum Gasteiger partial charge on any atom is -0.398 e. The molecule has 1 aliphatic heterocycles. The molecule has 0 aromatic rings. The average molecular weight is 429 g/mol. The van der Waals surface area contributed by atoms with E-state index in [1.54, 1.807) is 14.2 Å². The van der Waals surface area contributed by atoms with Gasteiger partial charge in [0.25, 0.3) is 0 Å². The fraction of sp³-hybridized carbons (Fsp3) is 1.00. The van der Waals surface area contributed by atoms with E-state index in [2.05, 4.69) is 6.55 Å².